The van der Waals surface area contributed by atoms with Gasteiger partial charge in [-0.15, -0.1) is 0 Å². The zero-order chi connectivity index (χ0) is 15.5. The van der Waals surface area contributed by atoms with E-state index in [-0.39, 0.29) is 5.91 Å². The lowest BCUT2D eigenvalue weighted by Crippen LogP contribution is -2.37. The van der Waals surface area contributed by atoms with Crippen molar-refractivity contribution >= 4 is 27.5 Å². The molecule has 0 unspecified atom stereocenters. The zero-order valence-corrected chi connectivity index (χ0v) is 14.2. The molecule has 2 aromatic carbocycles. The highest BCUT2D eigenvalue weighted by atomic mass is 79.9. The van der Waals surface area contributed by atoms with Crippen LogP contribution in [0.4, 0.5) is 5.69 Å². The molecule has 0 atom stereocenters. The summed E-state index contributed by atoms with van der Waals surface area (Å²) in [7, 11) is 0. The highest BCUT2D eigenvalue weighted by Crippen LogP contribution is 2.21. The van der Waals surface area contributed by atoms with Crippen molar-refractivity contribution < 1.29 is 4.79 Å². The highest BCUT2D eigenvalue weighted by Gasteiger charge is 2.18. The Labute approximate surface area is 139 Å². The smallest absolute Gasteiger partial charge is 0.238 e. The van der Waals surface area contributed by atoms with Gasteiger partial charge in [0.05, 0.1) is 6.54 Å². The van der Waals surface area contributed by atoms with Gasteiger partial charge in [0.2, 0.25) is 5.91 Å². The summed E-state index contributed by atoms with van der Waals surface area (Å²) in [6.45, 7) is 4.23. The first-order chi connectivity index (χ1) is 10.6. The van der Waals surface area contributed by atoms with Gasteiger partial charge in [-0.1, -0.05) is 40.2 Å². The standard InChI is InChI=1S/C18H19BrN2O/c1-13-10-16(6-7-17(13)19)20-18(22)12-21-9-8-14-4-2-3-5-15(14)11-21/h2-7,10H,8-9,11-12H2,1H3,(H,20,22). The first-order valence-electron chi connectivity index (χ1n) is 7.47. The summed E-state index contributed by atoms with van der Waals surface area (Å²) in [6, 6.07) is 14.3. The fraction of sp³-hybridized carbons (Fsp3) is 0.278. The van der Waals surface area contributed by atoms with Crippen LogP contribution in [0.3, 0.4) is 0 Å². The predicted molar refractivity (Wildman–Crippen MR) is 92.9 cm³/mol. The maximum atomic E-state index is 12.2. The Hall–Kier alpha value is -1.65. The fourth-order valence-corrected chi connectivity index (χ4v) is 3.06. The summed E-state index contributed by atoms with van der Waals surface area (Å²) < 4.78 is 1.05. The van der Waals surface area contributed by atoms with E-state index in [9.17, 15) is 4.79 Å². The van der Waals surface area contributed by atoms with Crippen LogP contribution in [0.15, 0.2) is 46.9 Å². The van der Waals surface area contributed by atoms with E-state index >= 15 is 0 Å². The Balaban J connectivity index is 1.59. The Morgan fingerprint density at radius 3 is 2.77 bits per heavy atom. The van der Waals surface area contributed by atoms with E-state index in [0.717, 1.165) is 35.2 Å². The average Bonchev–Trinajstić information content (AvgIpc) is 2.51. The number of hydrogen-bond donors (Lipinski definition) is 1. The van der Waals surface area contributed by atoms with Gasteiger partial charge in [-0.25, -0.2) is 0 Å². The topological polar surface area (TPSA) is 32.3 Å². The molecule has 0 radical (unpaired) electrons. The molecule has 0 saturated carbocycles. The fourth-order valence-electron chi connectivity index (χ4n) is 2.82. The van der Waals surface area contributed by atoms with Crippen LogP contribution in [0.2, 0.25) is 0 Å². The van der Waals surface area contributed by atoms with E-state index in [1.807, 2.05) is 25.1 Å². The van der Waals surface area contributed by atoms with Crippen LogP contribution in [0.5, 0.6) is 0 Å². The second-order valence-corrected chi connectivity index (χ2v) is 6.60. The summed E-state index contributed by atoms with van der Waals surface area (Å²) in [5.74, 6) is 0.0427. The lowest BCUT2D eigenvalue weighted by Gasteiger charge is -2.28. The van der Waals surface area contributed by atoms with Crippen molar-refractivity contribution in [3.8, 4) is 0 Å². The van der Waals surface area contributed by atoms with Crippen LogP contribution in [0.1, 0.15) is 16.7 Å². The second kappa shape index (κ2) is 6.63. The van der Waals surface area contributed by atoms with Gasteiger partial charge in [0.15, 0.2) is 0 Å². The summed E-state index contributed by atoms with van der Waals surface area (Å²) in [6.07, 6.45) is 1.01. The molecule has 2 aromatic rings. The molecule has 0 saturated heterocycles. The van der Waals surface area contributed by atoms with Crippen LogP contribution in [-0.4, -0.2) is 23.9 Å². The minimum absolute atomic E-state index is 0.0427. The van der Waals surface area contributed by atoms with E-state index in [0.29, 0.717) is 6.54 Å². The summed E-state index contributed by atoms with van der Waals surface area (Å²) in [5, 5.41) is 2.98. The van der Waals surface area contributed by atoms with E-state index in [2.05, 4.69) is 50.4 Å². The number of amides is 1. The third kappa shape index (κ3) is 3.57. The molecule has 1 heterocycles. The molecule has 0 spiro atoms. The number of anilines is 1. The van der Waals surface area contributed by atoms with Crippen molar-refractivity contribution in [2.75, 3.05) is 18.4 Å². The highest BCUT2D eigenvalue weighted by molar-refractivity contribution is 9.10. The van der Waals surface area contributed by atoms with Gasteiger partial charge in [-0.05, 0) is 48.2 Å². The maximum Gasteiger partial charge on any atom is 0.238 e. The van der Waals surface area contributed by atoms with Gasteiger partial charge in [0, 0.05) is 23.2 Å². The molecular weight excluding hydrogens is 340 g/mol. The minimum atomic E-state index is 0.0427. The van der Waals surface area contributed by atoms with Crippen molar-refractivity contribution in [1.82, 2.24) is 4.90 Å². The molecule has 0 aliphatic carbocycles. The summed E-state index contributed by atoms with van der Waals surface area (Å²) >= 11 is 3.47. The molecule has 1 N–H and O–H groups in total. The summed E-state index contributed by atoms with van der Waals surface area (Å²) in [4.78, 5) is 14.4. The lowest BCUT2D eigenvalue weighted by molar-refractivity contribution is -0.117. The minimum Gasteiger partial charge on any atom is -0.325 e. The lowest BCUT2D eigenvalue weighted by atomic mass is 10.00. The van der Waals surface area contributed by atoms with Crippen molar-refractivity contribution in [3.05, 3.63) is 63.6 Å². The molecule has 1 aliphatic heterocycles. The monoisotopic (exact) mass is 358 g/mol. The normalized spacial score (nSPS) is 14.5. The molecule has 3 nitrogen and oxygen atoms in total. The predicted octanol–water partition coefficient (Wildman–Crippen LogP) is 3.75. The Morgan fingerprint density at radius 2 is 2.00 bits per heavy atom. The van der Waals surface area contributed by atoms with E-state index in [4.69, 9.17) is 0 Å². The SMILES string of the molecule is Cc1cc(NC(=O)CN2CCc3ccccc3C2)ccc1Br. The number of aryl methyl sites for hydroxylation is 1. The molecule has 1 aliphatic rings. The number of carbonyl (C=O) groups is 1. The van der Waals surface area contributed by atoms with Gasteiger partial charge in [-0.2, -0.15) is 0 Å². The van der Waals surface area contributed by atoms with E-state index < -0.39 is 0 Å². The van der Waals surface area contributed by atoms with Gasteiger partial charge in [0.25, 0.3) is 0 Å². The van der Waals surface area contributed by atoms with Crippen molar-refractivity contribution in [2.24, 2.45) is 0 Å². The first-order valence-corrected chi connectivity index (χ1v) is 8.26. The number of hydrogen-bond acceptors (Lipinski definition) is 2. The largest absolute Gasteiger partial charge is 0.325 e. The van der Waals surface area contributed by atoms with Crippen LogP contribution < -0.4 is 5.32 Å². The van der Waals surface area contributed by atoms with Gasteiger partial charge >= 0.3 is 0 Å². The average molecular weight is 359 g/mol. The zero-order valence-electron chi connectivity index (χ0n) is 12.6. The Kier molecular flexibility index (Phi) is 4.60. The molecule has 3 rings (SSSR count). The Morgan fingerprint density at radius 1 is 1.23 bits per heavy atom. The molecule has 0 aromatic heterocycles. The molecular formula is C18H19BrN2O. The van der Waals surface area contributed by atoms with Crippen LogP contribution >= 0.6 is 15.9 Å². The number of fused-ring (bicyclic) bond motifs is 1. The van der Waals surface area contributed by atoms with Gasteiger partial charge in [0.1, 0.15) is 0 Å². The van der Waals surface area contributed by atoms with Crippen LogP contribution in [0, 0.1) is 6.92 Å². The van der Waals surface area contributed by atoms with Gasteiger partial charge in [-0.3, -0.25) is 9.69 Å². The number of nitrogens with one attached hydrogen (secondary N) is 1. The quantitative estimate of drug-likeness (QED) is 0.905. The molecule has 4 heteroatoms. The molecule has 0 fully saturated rings. The maximum absolute atomic E-state index is 12.2. The van der Waals surface area contributed by atoms with Crippen molar-refractivity contribution in [2.45, 2.75) is 19.9 Å². The Bertz CT molecular complexity index is 699. The number of nitrogens with zero attached hydrogens (tertiary/aromatic N) is 1. The van der Waals surface area contributed by atoms with E-state index in [1.165, 1.54) is 11.1 Å². The van der Waals surface area contributed by atoms with Gasteiger partial charge < -0.3 is 5.32 Å². The number of halogens is 1. The summed E-state index contributed by atoms with van der Waals surface area (Å²) in [5.41, 5.74) is 4.71. The van der Waals surface area contributed by atoms with Crippen molar-refractivity contribution in [1.29, 1.82) is 0 Å². The first kappa shape index (κ1) is 15.3. The number of rotatable bonds is 3. The third-order valence-corrected chi connectivity index (χ3v) is 4.91. The molecule has 0 bridgehead atoms. The van der Waals surface area contributed by atoms with Crippen LogP contribution in [0.25, 0.3) is 0 Å². The second-order valence-electron chi connectivity index (χ2n) is 5.74. The molecule has 22 heavy (non-hydrogen) atoms. The number of carbonyl (C=O) groups excluding carboxylic acids is 1. The van der Waals surface area contributed by atoms with Crippen LogP contribution in [-0.2, 0) is 17.8 Å². The number of benzene rings is 2. The molecule has 114 valence electrons. The third-order valence-electron chi connectivity index (χ3n) is 4.02. The van der Waals surface area contributed by atoms with E-state index in [1.54, 1.807) is 0 Å². The molecule has 1 amide bonds. The van der Waals surface area contributed by atoms with Crippen molar-refractivity contribution in [3.63, 3.8) is 0 Å².